The van der Waals surface area contributed by atoms with Gasteiger partial charge in [0.25, 0.3) is 5.91 Å². The lowest BCUT2D eigenvalue weighted by atomic mass is 10.2. The topological polar surface area (TPSA) is 180 Å². The summed E-state index contributed by atoms with van der Waals surface area (Å²) in [6.07, 6.45) is -0.869. The Labute approximate surface area is 124 Å². The van der Waals surface area contributed by atoms with Gasteiger partial charge in [0, 0.05) is 0 Å². The van der Waals surface area contributed by atoms with Crippen LogP contribution in [-0.2, 0) is 18.8 Å². The summed E-state index contributed by atoms with van der Waals surface area (Å²) in [5.41, 5.74) is 5.39. The van der Waals surface area contributed by atoms with E-state index in [0.717, 1.165) is 0 Å². The van der Waals surface area contributed by atoms with Gasteiger partial charge in [-0.2, -0.15) is 9.98 Å². The van der Waals surface area contributed by atoms with Gasteiger partial charge in [-0.1, -0.05) is 0 Å². The molecule has 0 spiro atoms. The van der Waals surface area contributed by atoms with E-state index in [-0.39, 0.29) is 18.5 Å². The van der Waals surface area contributed by atoms with Crippen LogP contribution in [0.2, 0.25) is 0 Å². The second-order valence-electron chi connectivity index (χ2n) is 4.28. The molecule has 0 aliphatic carbocycles. The van der Waals surface area contributed by atoms with E-state index in [4.69, 9.17) is 30.1 Å². The highest BCUT2D eigenvalue weighted by molar-refractivity contribution is 7.51. The van der Waals surface area contributed by atoms with Crippen LogP contribution in [0.4, 0.5) is 0 Å². The molecule has 13 heteroatoms. The molecule has 12 nitrogen and oxygen atoms in total. The van der Waals surface area contributed by atoms with Crippen molar-refractivity contribution in [1.29, 1.82) is 0 Å². The van der Waals surface area contributed by atoms with Crippen LogP contribution in [0.25, 0.3) is 0 Å². The predicted octanol–water partition coefficient (Wildman–Crippen LogP) is -2.60. The van der Waals surface area contributed by atoms with Crippen molar-refractivity contribution in [3.63, 3.8) is 0 Å². The van der Waals surface area contributed by atoms with Gasteiger partial charge < -0.3 is 30.1 Å². The van der Waals surface area contributed by atoms with E-state index >= 15 is 0 Å². The largest absolute Gasteiger partial charge is 0.391 e. The number of hydrogen-bond donors (Lipinski definition) is 4. The van der Waals surface area contributed by atoms with Crippen molar-refractivity contribution in [3.8, 4) is 0 Å². The average Bonchev–Trinajstić information content (AvgIpc) is 2.81. The smallest absolute Gasteiger partial charge is 0.351 e. The Bertz CT molecular complexity index is 585. The molecule has 122 valence electrons. The van der Waals surface area contributed by atoms with Gasteiger partial charge in [0.2, 0.25) is 5.96 Å². The minimum Gasteiger partial charge on any atom is -0.391 e. The normalized spacial score (nSPS) is 22.4. The molecule has 1 amide bonds. The lowest BCUT2D eigenvalue weighted by Gasteiger charge is -2.22. The van der Waals surface area contributed by atoms with E-state index in [9.17, 15) is 9.36 Å². The molecular formula is C9H14N5O7P. The van der Waals surface area contributed by atoms with Gasteiger partial charge in [-0.05, 0) is 0 Å². The molecule has 0 radical (unpaired) electrons. The summed E-state index contributed by atoms with van der Waals surface area (Å²) in [5, 5.41) is 9.03. The number of hydrogen-bond acceptors (Lipinski definition) is 9. The number of carbonyl (C=O) groups is 1. The third-order valence-electron chi connectivity index (χ3n) is 2.56. The number of nitrogens with zero attached hydrogens (tertiary/aromatic N) is 4. The van der Waals surface area contributed by atoms with Crippen molar-refractivity contribution in [2.24, 2.45) is 20.7 Å². The summed E-state index contributed by atoms with van der Waals surface area (Å²) in [6.45, 7) is -0.838. The third-order valence-corrected chi connectivity index (χ3v) is 3.04. The summed E-state index contributed by atoms with van der Waals surface area (Å²) in [4.78, 5) is 41.5. The number of nitrogens with two attached hydrogens (primary N) is 1. The van der Waals surface area contributed by atoms with Crippen molar-refractivity contribution in [1.82, 2.24) is 4.90 Å². The summed E-state index contributed by atoms with van der Waals surface area (Å²) in [7, 11) is -4.38. The van der Waals surface area contributed by atoms with Crippen molar-refractivity contribution in [2.45, 2.75) is 12.3 Å². The van der Waals surface area contributed by atoms with Crippen LogP contribution in [-0.4, -0.2) is 75.9 Å². The quantitative estimate of drug-likeness (QED) is 0.286. The Kier molecular flexibility index (Phi) is 5.01. The molecule has 0 fully saturated rings. The molecule has 2 aliphatic rings. The number of amides is 1. The predicted molar refractivity (Wildman–Crippen MR) is 73.0 cm³/mol. The highest BCUT2D eigenvalue weighted by Gasteiger charge is 2.35. The van der Waals surface area contributed by atoms with Crippen LogP contribution < -0.4 is 5.73 Å². The van der Waals surface area contributed by atoms with Crippen molar-refractivity contribution in [2.75, 3.05) is 19.7 Å². The van der Waals surface area contributed by atoms with Gasteiger partial charge in [0.1, 0.15) is 6.73 Å². The Hall–Kier alpha value is -1.69. The Morgan fingerprint density at radius 2 is 2.14 bits per heavy atom. The van der Waals surface area contributed by atoms with Gasteiger partial charge >= 0.3 is 7.60 Å². The van der Waals surface area contributed by atoms with Gasteiger partial charge in [0.05, 0.1) is 12.9 Å². The average molecular weight is 335 g/mol. The molecule has 0 aromatic rings. The molecule has 2 rings (SSSR count). The molecule has 2 heterocycles. The van der Waals surface area contributed by atoms with Crippen LogP contribution >= 0.6 is 7.60 Å². The monoisotopic (exact) mass is 335 g/mol. The summed E-state index contributed by atoms with van der Waals surface area (Å²) in [5.74, 6) is -0.551. The SMILES string of the molecule is NC1=NC(=O)C2N=CN(COC(CO)OCP(=O)(O)O)C2=N1. The number of aliphatic imine (C=N–C) groups is 3. The van der Waals surface area contributed by atoms with E-state index in [1.54, 1.807) is 0 Å². The summed E-state index contributed by atoms with van der Waals surface area (Å²) >= 11 is 0. The zero-order valence-electron chi connectivity index (χ0n) is 11.1. The minimum absolute atomic E-state index is 0.205. The first-order valence-corrected chi connectivity index (χ1v) is 7.75. The molecule has 0 saturated carbocycles. The maximum Gasteiger partial charge on any atom is 0.351 e. The van der Waals surface area contributed by atoms with Crippen LogP contribution in [0.15, 0.2) is 15.0 Å². The molecule has 0 aromatic heterocycles. The van der Waals surface area contributed by atoms with E-state index in [1.165, 1.54) is 11.2 Å². The standard InChI is InChI=1S/C9H14N5O7P/c10-9-12-7-6(8(16)13-9)11-2-14(7)3-20-5(1-15)21-4-22(17,18)19/h2,5-6,15H,1,3-4H2,(H2,10,13,16)(H2,17,18,19). The number of ether oxygens (including phenoxy) is 2. The minimum atomic E-state index is -4.38. The number of amidine groups is 1. The van der Waals surface area contributed by atoms with E-state index in [1.807, 2.05) is 0 Å². The molecule has 2 atom stereocenters. The summed E-state index contributed by atoms with van der Waals surface area (Å²) in [6, 6.07) is -0.889. The number of fused-ring (bicyclic) bond motifs is 1. The van der Waals surface area contributed by atoms with Gasteiger partial charge in [-0.25, -0.2) is 0 Å². The molecule has 0 aromatic carbocycles. The van der Waals surface area contributed by atoms with Gasteiger partial charge in [-0.3, -0.25) is 19.3 Å². The number of aliphatic hydroxyl groups is 1. The van der Waals surface area contributed by atoms with Gasteiger partial charge in [0.15, 0.2) is 24.5 Å². The van der Waals surface area contributed by atoms with Crippen LogP contribution in [0.5, 0.6) is 0 Å². The van der Waals surface area contributed by atoms with Crippen molar-refractivity contribution in [3.05, 3.63) is 0 Å². The molecular weight excluding hydrogens is 321 g/mol. The highest BCUT2D eigenvalue weighted by atomic mass is 31.2. The highest BCUT2D eigenvalue weighted by Crippen LogP contribution is 2.34. The Balaban J connectivity index is 1.91. The fraction of sp³-hybridized carbons (Fsp3) is 0.556. The molecule has 22 heavy (non-hydrogen) atoms. The van der Waals surface area contributed by atoms with Gasteiger partial charge in [-0.15, -0.1) is 0 Å². The molecule has 0 saturated heterocycles. The third kappa shape index (κ3) is 4.16. The summed E-state index contributed by atoms with van der Waals surface area (Å²) < 4.78 is 20.6. The first-order valence-electron chi connectivity index (χ1n) is 5.95. The van der Waals surface area contributed by atoms with E-state index in [2.05, 4.69) is 15.0 Å². The Morgan fingerprint density at radius 1 is 1.41 bits per heavy atom. The fourth-order valence-electron chi connectivity index (χ4n) is 1.64. The number of aliphatic hydroxyl groups excluding tert-OH is 1. The van der Waals surface area contributed by atoms with E-state index in [0.29, 0.717) is 0 Å². The first kappa shape index (κ1) is 16.7. The zero-order valence-corrected chi connectivity index (χ0v) is 12.0. The van der Waals surface area contributed by atoms with Crippen LogP contribution in [0, 0.1) is 0 Å². The molecule has 2 unspecified atom stereocenters. The first-order chi connectivity index (χ1) is 10.3. The fourth-order valence-corrected chi connectivity index (χ4v) is 2.00. The number of guanidine groups is 1. The second kappa shape index (κ2) is 6.60. The molecule has 0 bridgehead atoms. The molecule has 5 N–H and O–H groups in total. The second-order valence-corrected chi connectivity index (χ2v) is 5.87. The number of rotatable bonds is 7. The lowest BCUT2D eigenvalue weighted by molar-refractivity contribution is -0.163. The maximum absolute atomic E-state index is 11.6. The van der Waals surface area contributed by atoms with Crippen LogP contribution in [0.1, 0.15) is 0 Å². The van der Waals surface area contributed by atoms with Crippen molar-refractivity contribution >= 4 is 31.6 Å². The van der Waals surface area contributed by atoms with Crippen molar-refractivity contribution < 1.29 is 33.7 Å². The maximum atomic E-state index is 11.6. The van der Waals surface area contributed by atoms with E-state index < -0.39 is 38.8 Å². The van der Waals surface area contributed by atoms with Crippen LogP contribution in [0.3, 0.4) is 0 Å². The molecule has 2 aliphatic heterocycles. The number of carbonyl (C=O) groups excluding carboxylic acids is 1. The zero-order chi connectivity index (χ0) is 16.3. The lowest BCUT2D eigenvalue weighted by Crippen LogP contribution is -2.42. The Morgan fingerprint density at radius 3 is 2.77 bits per heavy atom.